The third kappa shape index (κ3) is 4.28. The maximum Gasteiger partial charge on any atom is 0.416 e. The van der Waals surface area contributed by atoms with Crippen LogP contribution in [-0.4, -0.2) is 13.6 Å². The fraction of sp³-hybridized carbons (Fsp3) is 0.167. The number of aromatic nitrogens is 1. The second kappa shape index (κ2) is 7.64. The van der Waals surface area contributed by atoms with Crippen molar-refractivity contribution >= 4 is 10.0 Å². The molecule has 13 heteroatoms. The lowest BCUT2D eigenvalue weighted by atomic mass is 9.96. The van der Waals surface area contributed by atoms with E-state index in [2.05, 4.69) is 9.68 Å². The number of primary sulfonamides is 1. The summed E-state index contributed by atoms with van der Waals surface area (Å²) in [5, 5.41) is 8.17. The third-order valence-corrected chi connectivity index (χ3v) is 5.25. The predicted octanol–water partition coefficient (Wildman–Crippen LogP) is 5.20. The van der Waals surface area contributed by atoms with Crippen molar-refractivity contribution < 1.29 is 43.7 Å². The summed E-state index contributed by atoms with van der Waals surface area (Å²) in [6.07, 6.45) is -7.98. The molecule has 3 aromatic rings. The fourth-order valence-corrected chi connectivity index (χ4v) is 3.69. The van der Waals surface area contributed by atoms with Crippen LogP contribution < -0.4 is 5.14 Å². The number of nitrogens with two attached hydrogens (primary N) is 1. The Morgan fingerprint density at radius 3 is 2.06 bits per heavy atom. The highest BCUT2D eigenvalue weighted by molar-refractivity contribution is 7.89. The Kier molecular flexibility index (Phi) is 5.61. The van der Waals surface area contributed by atoms with Gasteiger partial charge in [-0.1, -0.05) is 11.2 Å². The van der Waals surface area contributed by atoms with Gasteiger partial charge in [0, 0.05) is 5.56 Å². The molecule has 0 bridgehead atoms. The molecule has 0 aliphatic heterocycles. The molecule has 0 saturated carbocycles. The lowest BCUT2D eigenvalue weighted by Gasteiger charge is -2.12. The molecule has 0 fully saturated rings. The maximum atomic E-state index is 14.3. The average Bonchev–Trinajstić information content (AvgIpc) is 3.03. The van der Waals surface area contributed by atoms with Crippen LogP contribution in [-0.2, 0) is 16.2 Å². The van der Waals surface area contributed by atoms with Gasteiger partial charge in [-0.05, 0) is 42.3 Å². The van der Waals surface area contributed by atoms with E-state index in [1.165, 1.54) is 0 Å². The Morgan fingerprint density at radius 1 is 1.03 bits per heavy atom. The standard InChI is InChI=1S/C18H11F7N2O3S/c1-7-4-8(2-3-10(7)18(23,24)25)14-13(15(17(21)22)30-27-14)9-5-11(19)16(12(20)6-9)31(26,28)29/h2-6,17H,1H3,(H2,26,28,29). The van der Waals surface area contributed by atoms with E-state index >= 15 is 0 Å². The highest BCUT2D eigenvalue weighted by atomic mass is 32.2. The number of benzene rings is 2. The minimum absolute atomic E-state index is 0.104. The SMILES string of the molecule is Cc1cc(-c2noc(C(F)F)c2-c2cc(F)c(S(N)(=O)=O)c(F)c2)ccc1C(F)(F)F. The average molecular weight is 468 g/mol. The molecule has 0 saturated heterocycles. The summed E-state index contributed by atoms with van der Waals surface area (Å²) in [7, 11) is -4.81. The van der Waals surface area contributed by atoms with Crippen LogP contribution in [0, 0.1) is 18.6 Å². The number of aryl methyl sites for hydroxylation is 1. The van der Waals surface area contributed by atoms with Gasteiger partial charge in [-0.3, -0.25) is 0 Å². The van der Waals surface area contributed by atoms with Crippen LogP contribution in [0.5, 0.6) is 0 Å². The van der Waals surface area contributed by atoms with E-state index in [4.69, 9.17) is 5.14 Å². The molecular formula is C18H11F7N2O3S. The number of sulfonamides is 1. The molecule has 2 N–H and O–H groups in total. The van der Waals surface area contributed by atoms with E-state index in [-0.39, 0.29) is 11.1 Å². The number of nitrogens with zero attached hydrogens (tertiary/aromatic N) is 1. The quantitative estimate of drug-likeness (QED) is 0.534. The Hall–Kier alpha value is -2.93. The monoisotopic (exact) mass is 468 g/mol. The minimum Gasteiger partial charge on any atom is -0.354 e. The predicted molar refractivity (Wildman–Crippen MR) is 93.4 cm³/mol. The largest absolute Gasteiger partial charge is 0.416 e. The van der Waals surface area contributed by atoms with Crippen LogP contribution in [0.15, 0.2) is 39.8 Å². The van der Waals surface area contributed by atoms with Crippen LogP contribution in [0.3, 0.4) is 0 Å². The molecule has 31 heavy (non-hydrogen) atoms. The van der Waals surface area contributed by atoms with Crippen LogP contribution in [0.4, 0.5) is 30.7 Å². The van der Waals surface area contributed by atoms with Gasteiger partial charge in [0.1, 0.15) is 17.3 Å². The van der Waals surface area contributed by atoms with E-state index in [9.17, 15) is 39.2 Å². The summed E-state index contributed by atoms with van der Waals surface area (Å²) >= 11 is 0. The summed E-state index contributed by atoms with van der Waals surface area (Å²) in [4.78, 5) is -1.47. The van der Waals surface area contributed by atoms with Gasteiger partial charge < -0.3 is 4.52 Å². The van der Waals surface area contributed by atoms with E-state index < -0.39 is 67.3 Å². The normalized spacial score (nSPS) is 12.6. The molecule has 0 unspecified atom stereocenters. The molecule has 2 aromatic carbocycles. The summed E-state index contributed by atoms with van der Waals surface area (Å²) < 4.78 is 122. The van der Waals surface area contributed by atoms with Crippen LogP contribution >= 0.6 is 0 Å². The van der Waals surface area contributed by atoms with Crippen molar-refractivity contribution in [2.45, 2.75) is 24.4 Å². The lowest BCUT2D eigenvalue weighted by molar-refractivity contribution is -0.138. The van der Waals surface area contributed by atoms with E-state index in [1.54, 1.807) is 0 Å². The van der Waals surface area contributed by atoms with Gasteiger partial charge in [0.2, 0.25) is 15.8 Å². The lowest BCUT2D eigenvalue weighted by Crippen LogP contribution is -2.16. The smallest absolute Gasteiger partial charge is 0.354 e. The second-order valence-corrected chi connectivity index (χ2v) is 7.91. The topological polar surface area (TPSA) is 86.2 Å². The molecule has 5 nitrogen and oxygen atoms in total. The van der Waals surface area contributed by atoms with Crippen molar-refractivity contribution in [3.05, 3.63) is 58.9 Å². The molecule has 3 rings (SSSR count). The fourth-order valence-electron chi connectivity index (χ4n) is 3.03. The van der Waals surface area contributed by atoms with Crippen LogP contribution in [0.2, 0.25) is 0 Å². The van der Waals surface area contributed by atoms with Gasteiger partial charge in [-0.25, -0.2) is 31.1 Å². The van der Waals surface area contributed by atoms with Crippen molar-refractivity contribution in [3.8, 4) is 22.4 Å². The first kappa shape index (κ1) is 22.7. The number of rotatable bonds is 4. The Bertz CT molecular complexity index is 1240. The van der Waals surface area contributed by atoms with Gasteiger partial charge in [0.05, 0.1) is 11.1 Å². The van der Waals surface area contributed by atoms with Gasteiger partial charge in [0.25, 0.3) is 6.43 Å². The summed E-state index contributed by atoms with van der Waals surface area (Å²) in [6.45, 7) is 1.13. The number of hydrogen-bond donors (Lipinski definition) is 1. The first-order valence-electron chi connectivity index (χ1n) is 8.20. The number of halogens is 7. The molecule has 1 heterocycles. The van der Waals surface area contributed by atoms with Gasteiger partial charge in [-0.15, -0.1) is 0 Å². The van der Waals surface area contributed by atoms with Crippen molar-refractivity contribution in [2.75, 3.05) is 0 Å². The molecule has 0 radical (unpaired) electrons. The zero-order valence-corrected chi connectivity index (χ0v) is 16.1. The number of alkyl halides is 5. The van der Waals surface area contributed by atoms with E-state index in [1.807, 2.05) is 0 Å². The van der Waals surface area contributed by atoms with Crippen molar-refractivity contribution in [3.63, 3.8) is 0 Å². The van der Waals surface area contributed by atoms with Crippen molar-refractivity contribution in [1.82, 2.24) is 5.16 Å². The van der Waals surface area contributed by atoms with Crippen molar-refractivity contribution in [1.29, 1.82) is 0 Å². The maximum absolute atomic E-state index is 14.3. The number of hydrogen-bond acceptors (Lipinski definition) is 4. The molecule has 0 atom stereocenters. The zero-order chi connectivity index (χ0) is 23.3. The first-order chi connectivity index (χ1) is 14.2. The first-order valence-corrected chi connectivity index (χ1v) is 9.74. The Labute approximate surface area is 170 Å². The van der Waals surface area contributed by atoms with Crippen molar-refractivity contribution in [2.24, 2.45) is 5.14 Å². The summed E-state index contributed by atoms with van der Waals surface area (Å²) in [6, 6.07) is 3.47. The molecule has 0 aliphatic rings. The Morgan fingerprint density at radius 2 is 1.61 bits per heavy atom. The van der Waals surface area contributed by atoms with E-state index in [0.717, 1.165) is 19.1 Å². The van der Waals surface area contributed by atoms with Gasteiger partial charge >= 0.3 is 6.18 Å². The highest BCUT2D eigenvalue weighted by Crippen LogP contribution is 2.41. The molecule has 1 aromatic heterocycles. The van der Waals surface area contributed by atoms with Gasteiger partial charge in [-0.2, -0.15) is 13.2 Å². The van der Waals surface area contributed by atoms with Crippen LogP contribution in [0.1, 0.15) is 23.3 Å². The summed E-state index contributed by atoms with van der Waals surface area (Å²) in [5.41, 5.74) is -2.97. The second-order valence-electron chi connectivity index (χ2n) is 6.41. The highest BCUT2D eigenvalue weighted by Gasteiger charge is 2.33. The zero-order valence-electron chi connectivity index (χ0n) is 15.3. The van der Waals surface area contributed by atoms with Crippen LogP contribution in [0.25, 0.3) is 22.4 Å². The molecular weight excluding hydrogens is 457 g/mol. The summed E-state index contributed by atoms with van der Waals surface area (Å²) in [5.74, 6) is -4.43. The third-order valence-electron chi connectivity index (χ3n) is 4.29. The molecule has 0 spiro atoms. The molecule has 166 valence electrons. The van der Waals surface area contributed by atoms with E-state index in [0.29, 0.717) is 18.2 Å². The Balaban J connectivity index is 2.26. The minimum atomic E-state index is -4.81. The molecule has 0 amide bonds. The molecule has 0 aliphatic carbocycles. The van der Waals surface area contributed by atoms with Gasteiger partial charge in [0.15, 0.2) is 4.90 Å².